The number of imidazole rings is 1. The van der Waals surface area contributed by atoms with E-state index in [9.17, 15) is 14.9 Å². The Balaban J connectivity index is 1.65. The van der Waals surface area contributed by atoms with Gasteiger partial charge in [0.15, 0.2) is 5.16 Å². The van der Waals surface area contributed by atoms with Gasteiger partial charge in [0.2, 0.25) is 5.91 Å². The number of benzene rings is 2. The highest BCUT2D eigenvalue weighted by Crippen LogP contribution is 2.24. The first kappa shape index (κ1) is 19.2. The lowest BCUT2D eigenvalue weighted by Crippen LogP contribution is -2.15. The van der Waals surface area contributed by atoms with Gasteiger partial charge in [0, 0.05) is 18.2 Å². The Morgan fingerprint density at radius 3 is 2.93 bits per heavy atom. The second-order valence-electron chi connectivity index (χ2n) is 5.59. The Labute approximate surface area is 163 Å². The Morgan fingerprint density at radius 1 is 1.39 bits per heavy atom. The molecule has 0 saturated heterocycles. The number of fused-ring (bicyclic) bond motifs is 1. The Hall–Kier alpha value is -3.58. The van der Waals surface area contributed by atoms with Crippen LogP contribution in [0.3, 0.4) is 0 Å². The second kappa shape index (κ2) is 8.41. The normalized spacial score (nSPS) is 10.4. The number of aromatic amines is 1. The highest BCUT2D eigenvalue weighted by molar-refractivity contribution is 7.99. The molecule has 28 heavy (non-hydrogen) atoms. The SMILES string of the molecule is CCOc1ccc2nc(SCC(=O)Nc3ccc([N+](=O)[O-])cc3C#N)[nH]c2c1. The molecule has 3 rings (SSSR count). The van der Waals surface area contributed by atoms with Crippen molar-refractivity contribution in [1.82, 2.24) is 9.97 Å². The van der Waals surface area contributed by atoms with Gasteiger partial charge in [-0.05, 0) is 25.1 Å². The van der Waals surface area contributed by atoms with Crippen LogP contribution in [0.25, 0.3) is 11.0 Å². The predicted octanol–water partition coefficient (Wildman–Crippen LogP) is 3.47. The van der Waals surface area contributed by atoms with Gasteiger partial charge in [0.1, 0.15) is 11.8 Å². The number of nitro benzene ring substituents is 1. The van der Waals surface area contributed by atoms with E-state index in [1.54, 1.807) is 0 Å². The quantitative estimate of drug-likeness (QED) is 0.354. The van der Waals surface area contributed by atoms with E-state index in [4.69, 9.17) is 10.00 Å². The van der Waals surface area contributed by atoms with E-state index in [2.05, 4.69) is 15.3 Å². The monoisotopic (exact) mass is 397 g/mol. The fourth-order valence-corrected chi connectivity index (χ4v) is 3.14. The number of nitriles is 1. The summed E-state index contributed by atoms with van der Waals surface area (Å²) in [6.45, 7) is 2.47. The van der Waals surface area contributed by atoms with Crippen LogP contribution in [0.5, 0.6) is 5.75 Å². The van der Waals surface area contributed by atoms with Crippen molar-refractivity contribution < 1.29 is 14.5 Å². The van der Waals surface area contributed by atoms with Crippen LogP contribution in [0.15, 0.2) is 41.6 Å². The van der Waals surface area contributed by atoms with Crippen molar-refractivity contribution in [3.8, 4) is 11.8 Å². The maximum Gasteiger partial charge on any atom is 0.270 e. The van der Waals surface area contributed by atoms with E-state index < -0.39 is 4.92 Å². The number of nitrogens with one attached hydrogen (secondary N) is 2. The van der Waals surface area contributed by atoms with Crippen molar-refractivity contribution >= 4 is 40.1 Å². The number of carbonyl (C=O) groups excluding carboxylic acids is 1. The standard InChI is InChI=1S/C18H15N5O4S/c1-2-27-13-4-6-15-16(8-13)22-18(21-15)28-10-17(24)20-14-5-3-12(23(25)26)7-11(14)9-19/h3-8H,2,10H2,1H3,(H,20,24)(H,21,22). The average Bonchev–Trinajstić information content (AvgIpc) is 3.09. The number of ether oxygens (including phenoxy) is 1. The summed E-state index contributed by atoms with van der Waals surface area (Å²) in [6.07, 6.45) is 0. The number of anilines is 1. The fourth-order valence-electron chi connectivity index (χ4n) is 2.46. The number of hydrogen-bond acceptors (Lipinski definition) is 7. The molecule has 0 aliphatic rings. The molecule has 142 valence electrons. The average molecular weight is 397 g/mol. The van der Waals surface area contributed by atoms with Crippen LogP contribution in [-0.4, -0.2) is 33.2 Å². The molecule has 2 aromatic carbocycles. The topological polar surface area (TPSA) is 134 Å². The number of aromatic nitrogens is 2. The maximum atomic E-state index is 12.2. The van der Waals surface area contributed by atoms with Gasteiger partial charge >= 0.3 is 0 Å². The summed E-state index contributed by atoms with van der Waals surface area (Å²) in [6, 6.07) is 11.0. The predicted molar refractivity (Wildman–Crippen MR) is 104 cm³/mol. The van der Waals surface area contributed by atoms with Gasteiger partial charge in [-0.25, -0.2) is 4.98 Å². The van der Waals surface area contributed by atoms with Gasteiger partial charge in [-0.3, -0.25) is 14.9 Å². The Bertz CT molecular complexity index is 1090. The molecule has 0 aliphatic heterocycles. The minimum absolute atomic E-state index is 0.0275. The number of non-ortho nitro benzene ring substituents is 1. The van der Waals surface area contributed by atoms with E-state index in [0.717, 1.165) is 22.8 Å². The fraction of sp³-hybridized carbons (Fsp3) is 0.167. The number of thioether (sulfide) groups is 1. The Kier molecular flexibility index (Phi) is 5.76. The molecule has 0 spiro atoms. The molecule has 0 radical (unpaired) electrons. The molecule has 0 aliphatic carbocycles. The highest BCUT2D eigenvalue weighted by Gasteiger charge is 2.13. The van der Waals surface area contributed by atoms with Crippen molar-refractivity contribution in [2.75, 3.05) is 17.7 Å². The molecule has 3 aromatic rings. The number of carbonyl (C=O) groups is 1. The number of rotatable bonds is 7. The van der Waals surface area contributed by atoms with Crippen LogP contribution in [0.2, 0.25) is 0 Å². The smallest absolute Gasteiger partial charge is 0.270 e. The molecule has 1 amide bonds. The van der Waals surface area contributed by atoms with Crippen molar-refractivity contribution in [1.29, 1.82) is 5.26 Å². The molecule has 2 N–H and O–H groups in total. The third-order valence-electron chi connectivity index (χ3n) is 3.69. The first-order chi connectivity index (χ1) is 13.5. The summed E-state index contributed by atoms with van der Waals surface area (Å²) >= 11 is 1.20. The van der Waals surface area contributed by atoms with E-state index >= 15 is 0 Å². The van der Waals surface area contributed by atoms with Crippen LogP contribution < -0.4 is 10.1 Å². The van der Waals surface area contributed by atoms with Gasteiger partial charge in [-0.2, -0.15) is 5.26 Å². The van der Waals surface area contributed by atoms with Gasteiger partial charge in [0.25, 0.3) is 5.69 Å². The van der Waals surface area contributed by atoms with Gasteiger partial charge < -0.3 is 15.0 Å². The number of H-pyrrole nitrogens is 1. The van der Waals surface area contributed by atoms with E-state index in [0.29, 0.717) is 11.8 Å². The van der Waals surface area contributed by atoms with Gasteiger partial charge in [-0.15, -0.1) is 0 Å². The summed E-state index contributed by atoms with van der Waals surface area (Å²) in [5.41, 5.74) is 1.60. The minimum atomic E-state index is -0.596. The number of hydrogen-bond donors (Lipinski definition) is 2. The molecular formula is C18H15N5O4S. The molecule has 0 fully saturated rings. The van der Waals surface area contributed by atoms with Crippen molar-refractivity contribution in [3.05, 3.63) is 52.1 Å². The second-order valence-corrected chi connectivity index (χ2v) is 6.55. The summed E-state index contributed by atoms with van der Waals surface area (Å²) in [7, 11) is 0. The molecule has 1 heterocycles. The lowest BCUT2D eigenvalue weighted by Gasteiger charge is -2.06. The van der Waals surface area contributed by atoms with Crippen LogP contribution in [-0.2, 0) is 4.79 Å². The Morgan fingerprint density at radius 2 is 2.21 bits per heavy atom. The van der Waals surface area contributed by atoms with Crippen LogP contribution in [0.1, 0.15) is 12.5 Å². The first-order valence-electron chi connectivity index (χ1n) is 8.24. The van der Waals surface area contributed by atoms with Crippen LogP contribution in [0.4, 0.5) is 11.4 Å². The van der Waals surface area contributed by atoms with Crippen LogP contribution >= 0.6 is 11.8 Å². The molecule has 0 saturated carbocycles. The third-order valence-corrected chi connectivity index (χ3v) is 4.56. The summed E-state index contributed by atoms with van der Waals surface area (Å²) in [5.74, 6) is 0.431. The molecule has 10 heteroatoms. The lowest BCUT2D eigenvalue weighted by molar-refractivity contribution is -0.384. The van der Waals surface area contributed by atoms with E-state index in [1.807, 2.05) is 31.2 Å². The van der Waals surface area contributed by atoms with E-state index in [1.165, 1.54) is 23.9 Å². The van der Waals surface area contributed by atoms with Crippen molar-refractivity contribution in [3.63, 3.8) is 0 Å². The summed E-state index contributed by atoms with van der Waals surface area (Å²) in [4.78, 5) is 29.9. The minimum Gasteiger partial charge on any atom is -0.494 e. The lowest BCUT2D eigenvalue weighted by atomic mass is 10.1. The zero-order valence-electron chi connectivity index (χ0n) is 14.8. The molecule has 0 unspecified atom stereocenters. The molecular weight excluding hydrogens is 382 g/mol. The number of nitro groups is 1. The summed E-state index contributed by atoms with van der Waals surface area (Å²) < 4.78 is 5.45. The van der Waals surface area contributed by atoms with E-state index in [-0.39, 0.29) is 28.6 Å². The summed E-state index contributed by atoms with van der Waals surface area (Å²) in [5, 5.41) is 23.1. The number of nitrogens with zero attached hydrogens (tertiary/aromatic N) is 3. The van der Waals surface area contributed by atoms with Crippen LogP contribution in [0, 0.1) is 21.4 Å². The van der Waals surface area contributed by atoms with Crippen molar-refractivity contribution in [2.24, 2.45) is 0 Å². The highest BCUT2D eigenvalue weighted by atomic mass is 32.2. The zero-order chi connectivity index (χ0) is 20.1. The third kappa shape index (κ3) is 4.39. The largest absolute Gasteiger partial charge is 0.494 e. The van der Waals surface area contributed by atoms with Crippen molar-refractivity contribution in [2.45, 2.75) is 12.1 Å². The first-order valence-corrected chi connectivity index (χ1v) is 9.22. The molecule has 9 nitrogen and oxygen atoms in total. The molecule has 0 bridgehead atoms. The molecule has 1 aromatic heterocycles. The maximum absolute atomic E-state index is 12.2. The molecule has 0 atom stereocenters. The zero-order valence-corrected chi connectivity index (χ0v) is 15.6. The number of amides is 1. The van der Waals surface area contributed by atoms with Gasteiger partial charge in [0.05, 0.1) is 39.6 Å². The van der Waals surface area contributed by atoms with Gasteiger partial charge in [-0.1, -0.05) is 11.8 Å².